The van der Waals surface area contributed by atoms with E-state index in [1.54, 1.807) is 0 Å². The lowest BCUT2D eigenvalue weighted by atomic mass is 10.2. The van der Waals surface area contributed by atoms with E-state index in [0.717, 1.165) is 10.6 Å². The van der Waals surface area contributed by atoms with E-state index in [-0.39, 0.29) is 24.2 Å². The van der Waals surface area contributed by atoms with Crippen molar-refractivity contribution in [2.24, 2.45) is 5.11 Å². The van der Waals surface area contributed by atoms with Gasteiger partial charge in [-0.2, -0.15) is 0 Å². The summed E-state index contributed by atoms with van der Waals surface area (Å²) in [6.45, 7) is 11.3. The van der Waals surface area contributed by atoms with Crippen molar-refractivity contribution in [3.8, 4) is 0 Å². The molecule has 0 atom stereocenters. The summed E-state index contributed by atoms with van der Waals surface area (Å²) < 4.78 is 12.4. The SMILES string of the molecule is CC(C)(C)[Si](C)(C)OCCOCn1c(N=[N+]=[N-])cc(=O)[nH]c1=O. The van der Waals surface area contributed by atoms with Crippen LogP contribution in [0.4, 0.5) is 5.82 Å². The van der Waals surface area contributed by atoms with Crippen LogP contribution in [-0.4, -0.2) is 31.1 Å². The Balaban J connectivity index is 2.63. The van der Waals surface area contributed by atoms with Crippen LogP contribution in [0.3, 0.4) is 0 Å². The van der Waals surface area contributed by atoms with Gasteiger partial charge in [0, 0.05) is 11.0 Å². The second kappa shape index (κ2) is 7.60. The van der Waals surface area contributed by atoms with Crippen LogP contribution in [-0.2, 0) is 15.9 Å². The number of ether oxygens (including phenoxy) is 1. The molecule has 1 aromatic heterocycles. The Morgan fingerprint density at radius 2 is 2.00 bits per heavy atom. The van der Waals surface area contributed by atoms with E-state index in [1.807, 2.05) is 0 Å². The third-order valence-electron chi connectivity index (χ3n) is 3.88. The van der Waals surface area contributed by atoms with Crippen LogP contribution in [0.5, 0.6) is 0 Å². The minimum Gasteiger partial charge on any atom is -0.414 e. The fourth-order valence-corrected chi connectivity index (χ4v) is 2.52. The van der Waals surface area contributed by atoms with Gasteiger partial charge in [0.15, 0.2) is 8.32 Å². The Kier molecular flexibility index (Phi) is 6.34. The fourth-order valence-electron chi connectivity index (χ4n) is 1.49. The third-order valence-corrected chi connectivity index (χ3v) is 8.41. The normalized spacial score (nSPS) is 12.0. The van der Waals surface area contributed by atoms with Crippen LogP contribution < -0.4 is 11.2 Å². The highest BCUT2D eigenvalue weighted by Gasteiger charge is 2.36. The standard InChI is InChI=1S/C13H23N5O4Si/c1-13(2,3)23(4,5)22-7-6-21-9-18-10(16-17-14)8-11(19)15-12(18)20/h8H,6-7,9H2,1-5H3,(H,15,19,20). The van der Waals surface area contributed by atoms with Gasteiger partial charge >= 0.3 is 5.69 Å². The molecule has 9 nitrogen and oxygen atoms in total. The first kappa shape index (κ1) is 19.2. The summed E-state index contributed by atoms with van der Waals surface area (Å²) in [6, 6.07) is 1.04. The lowest BCUT2D eigenvalue weighted by molar-refractivity contribution is 0.0491. The molecule has 0 aliphatic rings. The van der Waals surface area contributed by atoms with Gasteiger partial charge in [-0.25, -0.2) is 4.79 Å². The van der Waals surface area contributed by atoms with Gasteiger partial charge in [-0.15, -0.1) is 0 Å². The van der Waals surface area contributed by atoms with Gasteiger partial charge in [0.2, 0.25) is 0 Å². The molecule has 0 aliphatic carbocycles. The first-order chi connectivity index (χ1) is 10.6. The number of aromatic nitrogens is 2. The largest absolute Gasteiger partial charge is 0.414 e. The molecule has 0 spiro atoms. The number of H-pyrrole nitrogens is 1. The molecule has 0 saturated carbocycles. The second-order valence-corrected chi connectivity index (χ2v) is 11.4. The van der Waals surface area contributed by atoms with Gasteiger partial charge in [-0.05, 0) is 28.8 Å². The van der Waals surface area contributed by atoms with Gasteiger partial charge < -0.3 is 9.16 Å². The number of nitrogens with zero attached hydrogens (tertiary/aromatic N) is 4. The Morgan fingerprint density at radius 3 is 2.57 bits per heavy atom. The maximum atomic E-state index is 11.7. The van der Waals surface area contributed by atoms with Crippen molar-refractivity contribution >= 4 is 14.1 Å². The van der Waals surface area contributed by atoms with E-state index in [0.29, 0.717) is 6.61 Å². The minimum absolute atomic E-state index is 0.0911. The summed E-state index contributed by atoms with van der Waals surface area (Å²) in [5.41, 5.74) is 7.16. The molecule has 128 valence electrons. The average Bonchev–Trinajstić information content (AvgIpc) is 2.39. The van der Waals surface area contributed by atoms with E-state index in [9.17, 15) is 9.59 Å². The van der Waals surface area contributed by atoms with Gasteiger partial charge in [0.05, 0.1) is 13.2 Å². The van der Waals surface area contributed by atoms with Crippen LogP contribution in [0, 0.1) is 0 Å². The van der Waals surface area contributed by atoms with E-state index in [4.69, 9.17) is 14.7 Å². The summed E-state index contributed by atoms with van der Waals surface area (Å²) in [5.74, 6) is -0.0911. The van der Waals surface area contributed by atoms with Crippen molar-refractivity contribution in [2.45, 2.75) is 45.6 Å². The highest BCUT2D eigenvalue weighted by molar-refractivity contribution is 6.74. The summed E-state index contributed by atoms with van der Waals surface area (Å²) in [7, 11) is -1.84. The molecule has 0 bridgehead atoms. The minimum atomic E-state index is -1.84. The number of azide groups is 1. The predicted octanol–water partition coefficient (Wildman–Crippen LogP) is 2.47. The molecule has 1 rings (SSSR count). The molecule has 1 aromatic rings. The summed E-state index contributed by atoms with van der Waals surface area (Å²) in [6.07, 6.45) is 0. The Labute approximate surface area is 135 Å². The summed E-state index contributed by atoms with van der Waals surface area (Å²) >= 11 is 0. The molecule has 1 heterocycles. The second-order valence-electron chi connectivity index (χ2n) is 6.56. The van der Waals surface area contributed by atoms with Gasteiger partial charge in [0.25, 0.3) is 5.56 Å². The molecular weight excluding hydrogens is 318 g/mol. The zero-order valence-corrected chi connectivity index (χ0v) is 15.1. The molecule has 0 unspecified atom stereocenters. The Hall–Kier alpha value is -1.87. The molecule has 0 saturated heterocycles. The zero-order valence-electron chi connectivity index (χ0n) is 14.1. The van der Waals surface area contributed by atoms with Gasteiger partial charge in [-0.3, -0.25) is 14.3 Å². The quantitative estimate of drug-likeness (QED) is 0.269. The number of hydrogen-bond donors (Lipinski definition) is 1. The van der Waals surface area contributed by atoms with Crippen molar-refractivity contribution in [3.63, 3.8) is 0 Å². The van der Waals surface area contributed by atoms with Gasteiger partial charge in [-0.1, -0.05) is 20.8 Å². The molecule has 0 radical (unpaired) electrons. The Bertz CT molecular complexity index is 698. The first-order valence-electron chi connectivity index (χ1n) is 7.19. The predicted molar refractivity (Wildman–Crippen MR) is 89.2 cm³/mol. The molecule has 0 aromatic carbocycles. The van der Waals surface area contributed by atoms with Crippen LogP contribution in [0.1, 0.15) is 20.8 Å². The number of nitrogens with one attached hydrogen (secondary N) is 1. The number of rotatable bonds is 7. The molecule has 0 fully saturated rings. The van der Waals surface area contributed by atoms with E-state index < -0.39 is 19.6 Å². The molecule has 1 N–H and O–H groups in total. The molecule has 0 amide bonds. The third kappa shape index (κ3) is 5.36. The van der Waals surface area contributed by atoms with Crippen molar-refractivity contribution in [1.29, 1.82) is 0 Å². The highest BCUT2D eigenvalue weighted by atomic mass is 28.4. The van der Waals surface area contributed by atoms with Crippen molar-refractivity contribution in [3.05, 3.63) is 37.3 Å². The van der Waals surface area contributed by atoms with E-state index in [1.165, 1.54) is 0 Å². The molecule has 10 heteroatoms. The van der Waals surface area contributed by atoms with Crippen LogP contribution in [0.15, 0.2) is 20.8 Å². The van der Waals surface area contributed by atoms with E-state index >= 15 is 0 Å². The van der Waals surface area contributed by atoms with Crippen molar-refractivity contribution in [1.82, 2.24) is 9.55 Å². The summed E-state index contributed by atoms with van der Waals surface area (Å²) in [4.78, 5) is 27.6. The zero-order chi connectivity index (χ0) is 17.7. The topological polar surface area (TPSA) is 122 Å². The molecular formula is C13H23N5O4Si. The van der Waals surface area contributed by atoms with Crippen LogP contribution >= 0.6 is 0 Å². The maximum absolute atomic E-state index is 11.7. The van der Waals surface area contributed by atoms with Crippen molar-refractivity contribution in [2.75, 3.05) is 13.2 Å². The Morgan fingerprint density at radius 1 is 1.35 bits per heavy atom. The van der Waals surface area contributed by atoms with Crippen molar-refractivity contribution < 1.29 is 9.16 Å². The van der Waals surface area contributed by atoms with Crippen LogP contribution in [0.2, 0.25) is 18.1 Å². The highest BCUT2D eigenvalue weighted by Crippen LogP contribution is 2.36. The number of hydrogen-bond acceptors (Lipinski definition) is 5. The monoisotopic (exact) mass is 341 g/mol. The lowest BCUT2D eigenvalue weighted by Crippen LogP contribution is -2.41. The number of aromatic amines is 1. The molecule has 0 aliphatic heterocycles. The smallest absolute Gasteiger partial charge is 0.330 e. The fraction of sp³-hybridized carbons (Fsp3) is 0.692. The molecule has 23 heavy (non-hydrogen) atoms. The summed E-state index contributed by atoms with van der Waals surface area (Å²) in [5, 5.41) is 3.43. The lowest BCUT2D eigenvalue weighted by Gasteiger charge is -2.36. The van der Waals surface area contributed by atoms with Crippen LogP contribution in [0.25, 0.3) is 10.4 Å². The van der Waals surface area contributed by atoms with Gasteiger partial charge in [0.1, 0.15) is 12.5 Å². The maximum Gasteiger partial charge on any atom is 0.330 e. The van der Waals surface area contributed by atoms with E-state index in [2.05, 4.69) is 48.9 Å². The average molecular weight is 341 g/mol. The first-order valence-corrected chi connectivity index (χ1v) is 10.1.